The summed E-state index contributed by atoms with van der Waals surface area (Å²) in [6, 6.07) is 8.94. The molecule has 88 valence electrons. The molecule has 0 spiro atoms. The second-order valence-corrected chi connectivity index (χ2v) is 3.88. The Morgan fingerprint density at radius 1 is 1.35 bits per heavy atom. The number of hydrogen-bond donors (Lipinski definition) is 1. The Morgan fingerprint density at radius 3 is 2.65 bits per heavy atom. The lowest BCUT2D eigenvalue weighted by atomic mass is 10.1. The topological polar surface area (TPSA) is 57.6 Å². The minimum atomic E-state index is -0.864. The van der Waals surface area contributed by atoms with Crippen LogP contribution in [0.2, 0.25) is 0 Å². The Hall–Kier alpha value is -1.94. The third-order valence-electron chi connectivity index (χ3n) is 2.67. The molecule has 0 aromatic heterocycles. The van der Waals surface area contributed by atoms with Gasteiger partial charge in [-0.1, -0.05) is 36.4 Å². The summed E-state index contributed by atoms with van der Waals surface area (Å²) in [7, 11) is 0. The average molecular weight is 231 g/mol. The van der Waals surface area contributed by atoms with Gasteiger partial charge >= 0.3 is 0 Å². The van der Waals surface area contributed by atoms with Crippen molar-refractivity contribution in [3.63, 3.8) is 0 Å². The molecule has 1 unspecified atom stereocenters. The molecule has 4 nitrogen and oxygen atoms in total. The van der Waals surface area contributed by atoms with Crippen molar-refractivity contribution in [2.24, 2.45) is 0 Å². The van der Waals surface area contributed by atoms with Crippen molar-refractivity contribution in [1.82, 2.24) is 4.90 Å². The maximum absolute atomic E-state index is 11.7. The molecule has 1 N–H and O–H groups in total. The van der Waals surface area contributed by atoms with Crippen LogP contribution in [0.4, 0.5) is 0 Å². The zero-order valence-electron chi connectivity index (χ0n) is 9.24. The summed E-state index contributed by atoms with van der Waals surface area (Å²) >= 11 is 0. The van der Waals surface area contributed by atoms with Gasteiger partial charge in [-0.05, 0) is 5.56 Å². The minimum absolute atomic E-state index is 0.0720. The maximum Gasteiger partial charge on any atom is 0.253 e. The van der Waals surface area contributed by atoms with Gasteiger partial charge in [0.05, 0.1) is 12.5 Å². The fourth-order valence-corrected chi connectivity index (χ4v) is 1.73. The molecule has 2 amide bonds. The van der Waals surface area contributed by atoms with Crippen LogP contribution in [0.1, 0.15) is 18.1 Å². The number of carbonyl (C=O) groups is 2. The molecule has 0 bridgehead atoms. The lowest BCUT2D eigenvalue weighted by Crippen LogP contribution is -2.33. The molecular formula is C13H13NO3. The van der Waals surface area contributed by atoms with Crippen molar-refractivity contribution in [3.8, 4) is 0 Å². The molecule has 1 atom stereocenters. The standard InChI is InChI=1S/C13H13NO3/c15-11(10-5-2-1-3-6-10)9-13(17)14-8-4-7-12(14)16/h1-7,11,15H,8-9H2. The summed E-state index contributed by atoms with van der Waals surface area (Å²) in [6.07, 6.45) is 2.07. The molecular weight excluding hydrogens is 218 g/mol. The molecule has 0 saturated carbocycles. The molecule has 0 saturated heterocycles. The Bertz CT molecular complexity index is 453. The van der Waals surface area contributed by atoms with E-state index in [1.54, 1.807) is 30.3 Å². The molecule has 1 aromatic rings. The predicted molar refractivity (Wildman–Crippen MR) is 61.9 cm³/mol. The van der Waals surface area contributed by atoms with E-state index in [9.17, 15) is 14.7 Å². The largest absolute Gasteiger partial charge is 0.388 e. The van der Waals surface area contributed by atoms with Crippen LogP contribution in [-0.2, 0) is 9.59 Å². The molecule has 1 aliphatic heterocycles. The maximum atomic E-state index is 11.7. The van der Waals surface area contributed by atoms with Crippen molar-refractivity contribution in [2.45, 2.75) is 12.5 Å². The van der Waals surface area contributed by atoms with Gasteiger partial charge in [0, 0.05) is 12.6 Å². The van der Waals surface area contributed by atoms with Crippen LogP contribution in [0.15, 0.2) is 42.5 Å². The van der Waals surface area contributed by atoms with Gasteiger partial charge in [0.25, 0.3) is 5.91 Å². The van der Waals surface area contributed by atoms with E-state index in [0.717, 1.165) is 4.90 Å². The van der Waals surface area contributed by atoms with Gasteiger partial charge in [-0.15, -0.1) is 0 Å². The van der Waals surface area contributed by atoms with E-state index in [0.29, 0.717) is 12.1 Å². The fourth-order valence-electron chi connectivity index (χ4n) is 1.73. The summed E-state index contributed by atoms with van der Waals surface area (Å²) < 4.78 is 0. The quantitative estimate of drug-likeness (QED) is 0.845. The number of hydrogen-bond acceptors (Lipinski definition) is 3. The van der Waals surface area contributed by atoms with E-state index < -0.39 is 6.10 Å². The molecule has 1 heterocycles. The van der Waals surface area contributed by atoms with Gasteiger partial charge < -0.3 is 5.11 Å². The van der Waals surface area contributed by atoms with Gasteiger partial charge in [0.2, 0.25) is 5.91 Å². The van der Waals surface area contributed by atoms with Gasteiger partial charge in [0.1, 0.15) is 0 Å². The first-order valence-corrected chi connectivity index (χ1v) is 5.42. The number of nitrogens with zero attached hydrogens (tertiary/aromatic N) is 1. The number of aliphatic hydroxyl groups is 1. The van der Waals surface area contributed by atoms with E-state index in [2.05, 4.69) is 0 Å². The van der Waals surface area contributed by atoms with Crippen LogP contribution in [0.25, 0.3) is 0 Å². The number of benzene rings is 1. The molecule has 1 aromatic carbocycles. The number of aliphatic hydroxyl groups excluding tert-OH is 1. The van der Waals surface area contributed by atoms with E-state index in [4.69, 9.17) is 0 Å². The SMILES string of the molecule is O=C1C=CCN1C(=O)CC(O)c1ccccc1. The van der Waals surface area contributed by atoms with Gasteiger partial charge in [-0.25, -0.2) is 0 Å². The van der Waals surface area contributed by atoms with Gasteiger partial charge in [0.15, 0.2) is 0 Å². The number of amides is 2. The van der Waals surface area contributed by atoms with Crippen LogP contribution in [0.3, 0.4) is 0 Å². The summed E-state index contributed by atoms with van der Waals surface area (Å²) in [5.41, 5.74) is 0.681. The summed E-state index contributed by atoms with van der Waals surface area (Å²) in [5, 5.41) is 9.86. The first-order valence-electron chi connectivity index (χ1n) is 5.42. The van der Waals surface area contributed by atoms with Crippen molar-refractivity contribution >= 4 is 11.8 Å². The second-order valence-electron chi connectivity index (χ2n) is 3.88. The summed E-state index contributed by atoms with van der Waals surface area (Å²) in [4.78, 5) is 24.1. The molecule has 2 rings (SSSR count). The van der Waals surface area contributed by atoms with Gasteiger partial charge in [-0.3, -0.25) is 14.5 Å². The van der Waals surface area contributed by atoms with E-state index in [1.165, 1.54) is 6.08 Å². The third-order valence-corrected chi connectivity index (χ3v) is 2.67. The minimum Gasteiger partial charge on any atom is -0.388 e. The smallest absolute Gasteiger partial charge is 0.253 e. The zero-order chi connectivity index (χ0) is 12.3. The van der Waals surface area contributed by atoms with Crippen LogP contribution in [0.5, 0.6) is 0 Å². The summed E-state index contributed by atoms with van der Waals surface area (Å²) in [5.74, 6) is -0.661. The van der Waals surface area contributed by atoms with Crippen LogP contribution in [0, 0.1) is 0 Å². The van der Waals surface area contributed by atoms with Crippen LogP contribution in [-0.4, -0.2) is 28.4 Å². The van der Waals surface area contributed by atoms with Crippen molar-refractivity contribution in [1.29, 1.82) is 0 Å². The number of rotatable bonds is 3. The molecule has 0 aliphatic carbocycles. The lowest BCUT2D eigenvalue weighted by Gasteiger charge is -2.16. The second kappa shape index (κ2) is 4.93. The van der Waals surface area contributed by atoms with Crippen molar-refractivity contribution in [3.05, 3.63) is 48.0 Å². The molecule has 1 aliphatic rings. The molecule has 0 radical (unpaired) electrons. The van der Waals surface area contributed by atoms with E-state index >= 15 is 0 Å². The fraction of sp³-hybridized carbons (Fsp3) is 0.231. The highest BCUT2D eigenvalue weighted by Crippen LogP contribution is 2.18. The zero-order valence-corrected chi connectivity index (χ0v) is 9.24. The van der Waals surface area contributed by atoms with Gasteiger partial charge in [-0.2, -0.15) is 0 Å². The van der Waals surface area contributed by atoms with E-state index in [-0.39, 0.29) is 18.2 Å². The Balaban J connectivity index is 1.98. The first kappa shape index (κ1) is 11.5. The highest BCUT2D eigenvalue weighted by molar-refractivity contribution is 6.03. The summed E-state index contributed by atoms with van der Waals surface area (Å²) in [6.45, 7) is 0.305. The molecule has 0 fully saturated rings. The normalized spacial score (nSPS) is 16.3. The highest BCUT2D eigenvalue weighted by Gasteiger charge is 2.24. The van der Waals surface area contributed by atoms with E-state index in [1.807, 2.05) is 6.07 Å². The monoisotopic (exact) mass is 231 g/mol. The lowest BCUT2D eigenvalue weighted by molar-refractivity contribution is -0.141. The Morgan fingerprint density at radius 2 is 2.06 bits per heavy atom. The number of carbonyl (C=O) groups excluding carboxylic acids is 2. The van der Waals surface area contributed by atoms with Crippen molar-refractivity contribution < 1.29 is 14.7 Å². The molecule has 17 heavy (non-hydrogen) atoms. The van der Waals surface area contributed by atoms with Crippen LogP contribution < -0.4 is 0 Å². The third kappa shape index (κ3) is 2.60. The van der Waals surface area contributed by atoms with Crippen molar-refractivity contribution in [2.75, 3.05) is 6.54 Å². The Labute approximate surface area is 99.2 Å². The highest BCUT2D eigenvalue weighted by atomic mass is 16.3. The van der Waals surface area contributed by atoms with Crippen LogP contribution >= 0.6 is 0 Å². The number of imide groups is 1. The predicted octanol–water partition coefficient (Wildman–Crippen LogP) is 1.04. The average Bonchev–Trinajstić information content (AvgIpc) is 2.76. The molecule has 4 heteroatoms. The Kier molecular flexibility index (Phi) is 3.35. The first-order chi connectivity index (χ1) is 8.18.